The lowest BCUT2D eigenvalue weighted by molar-refractivity contribution is 0.0772. The zero-order valence-electron chi connectivity index (χ0n) is 19.0. The number of anilines is 1. The first-order chi connectivity index (χ1) is 16.0. The van der Waals surface area contributed by atoms with Crippen LogP contribution in [0.3, 0.4) is 0 Å². The molecule has 3 aromatic rings. The SMILES string of the molecule is Cc1cccc(COc2cccc(C(=O)Nc3ccc(C(=O)N4CCSCC4)cc3C)c2)c1. The number of rotatable bonds is 6. The maximum atomic E-state index is 12.9. The van der Waals surface area contributed by atoms with E-state index in [4.69, 9.17) is 4.74 Å². The predicted octanol–water partition coefficient (Wildman–Crippen LogP) is 5.32. The van der Waals surface area contributed by atoms with Crippen molar-refractivity contribution in [2.75, 3.05) is 29.9 Å². The van der Waals surface area contributed by atoms with E-state index in [0.29, 0.717) is 29.2 Å². The van der Waals surface area contributed by atoms with Gasteiger partial charge in [-0.25, -0.2) is 0 Å². The van der Waals surface area contributed by atoms with Crippen LogP contribution in [0.1, 0.15) is 37.4 Å². The molecule has 0 saturated carbocycles. The fraction of sp³-hybridized carbons (Fsp3) is 0.259. The van der Waals surface area contributed by atoms with Crippen LogP contribution >= 0.6 is 11.8 Å². The zero-order chi connectivity index (χ0) is 23.2. The van der Waals surface area contributed by atoms with E-state index in [9.17, 15) is 9.59 Å². The average molecular weight is 461 g/mol. The van der Waals surface area contributed by atoms with Gasteiger partial charge in [0.05, 0.1) is 0 Å². The van der Waals surface area contributed by atoms with Gasteiger partial charge >= 0.3 is 0 Å². The Hall–Kier alpha value is -3.25. The summed E-state index contributed by atoms with van der Waals surface area (Å²) in [6.07, 6.45) is 0. The fourth-order valence-corrected chi connectivity index (χ4v) is 4.68. The molecule has 1 heterocycles. The van der Waals surface area contributed by atoms with Crippen LogP contribution in [-0.4, -0.2) is 41.3 Å². The van der Waals surface area contributed by atoms with Crippen molar-refractivity contribution in [1.29, 1.82) is 0 Å². The van der Waals surface area contributed by atoms with E-state index in [2.05, 4.69) is 11.4 Å². The summed E-state index contributed by atoms with van der Waals surface area (Å²) < 4.78 is 5.89. The summed E-state index contributed by atoms with van der Waals surface area (Å²) in [5, 5.41) is 2.96. The standard InChI is InChI=1S/C27H28N2O3S/c1-19-5-3-6-21(15-19)18-32-24-8-4-7-22(17-24)26(30)28-25-10-9-23(16-20(25)2)27(31)29-11-13-33-14-12-29/h3-10,15-17H,11-14,18H2,1-2H3,(H,28,30). The lowest BCUT2D eigenvalue weighted by Gasteiger charge is -2.26. The Kier molecular flexibility index (Phi) is 7.35. The highest BCUT2D eigenvalue weighted by atomic mass is 32.2. The number of benzene rings is 3. The molecular formula is C27H28N2O3S. The highest BCUT2D eigenvalue weighted by Gasteiger charge is 2.19. The van der Waals surface area contributed by atoms with E-state index in [1.807, 2.05) is 66.9 Å². The second kappa shape index (κ2) is 10.6. The molecule has 1 fully saturated rings. The van der Waals surface area contributed by atoms with Gasteiger partial charge in [-0.3, -0.25) is 9.59 Å². The lowest BCUT2D eigenvalue weighted by Crippen LogP contribution is -2.37. The molecule has 0 radical (unpaired) electrons. The van der Waals surface area contributed by atoms with Gasteiger partial charge in [0.1, 0.15) is 12.4 Å². The van der Waals surface area contributed by atoms with Gasteiger partial charge < -0.3 is 15.0 Å². The molecule has 0 atom stereocenters. The molecular weight excluding hydrogens is 432 g/mol. The second-order valence-corrected chi connectivity index (χ2v) is 9.42. The maximum Gasteiger partial charge on any atom is 0.255 e. The van der Waals surface area contributed by atoms with E-state index in [0.717, 1.165) is 35.7 Å². The molecule has 5 nitrogen and oxygen atoms in total. The van der Waals surface area contributed by atoms with Gasteiger partial charge in [-0.05, 0) is 61.4 Å². The van der Waals surface area contributed by atoms with Crippen molar-refractivity contribution in [3.8, 4) is 5.75 Å². The van der Waals surface area contributed by atoms with Gasteiger partial charge in [-0.2, -0.15) is 11.8 Å². The molecule has 2 amide bonds. The molecule has 1 N–H and O–H groups in total. The van der Waals surface area contributed by atoms with Crippen molar-refractivity contribution >= 4 is 29.3 Å². The zero-order valence-corrected chi connectivity index (χ0v) is 19.8. The van der Waals surface area contributed by atoms with Gasteiger partial charge in [0.15, 0.2) is 0 Å². The number of nitrogens with zero attached hydrogens (tertiary/aromatic N) is 1. The van der Waals surface area contributed by atoms with E-state index < -0.39 is 0 Å². The molecule has 33 heavy (non-hydrogen) atoms. The Balaban J connectivity index is 1.40. The first-order valence-electron chi connectivity index (χ1n) is 11.1. The molecule has 170 valence electrons. The van der Waals surface area contributed by atoms with Crippen molar-refractivity contribution in [1.82, 2.24) is 4.90 Å². The maximum absolute atomic E-state index is 12.9. The minimum Gasteiger partial charge on any atom is -0.489 e. The van der Waals surface area contributed by atoms with Crippen molar-refractivity contribution in [2.24, 2.45) is 0 Å². The number of carbonyl (C=O) groups is 2. The molecule has 0 aromatic heterocycles. The number of amides is 2. The third kappa shape index (κ3) is 5.96. The molecule has 6 heteroatoms. The number of carbonyl (C=O) groups excluding carboxylic acids is 2. The summed E-state index contributed by atoms with van der Waals surface area (Å²) in [6.45, 7) is 5.95. The Labute approximate surface area is 199 Å². The summed E-state index contributed by atoms with van der Waals surface area (Å²) in [4.78, 5) is 27.5. The summed E-state index contributed by atoms with van der Waals surface area (Å²) in [6, 6.07) is 20.7. The van der Waals surface area contributed by atoms with Crippen LogP contribution < -0.4 is 10.1 Å². The van der Waals surface area contributed by atoms with E-state index in [1.54, 1.807) is 24.3 Å². The van der Waals surface area contributed by atoms with Crippen LogP contribution in [0.5, 0.6) is 5.75 Å². The van der Waals surface area contributed by atoms with Gasteiger partial charge in [0.25, 0.3) is 11.8 Å². The molecule has 1 aliphatic heterocycles. The highest BCUT2D eigenvalue weighted by Crippen LogP contribution is 2.22. The smallest absolute Gasteiger partial charge is 0.255 e. The summed E-state index contributed by atoms with van der Waals surface area (Å²) in [5.41, 5.74) is 4.98. The third-order valence-electron chi connectivity index (χ3n) is 5.60. The Morgan fingerprint density at radius 2 is 1.73 bits per heavy atom. The molecule has 3 aromatic carbocycles. The molecule has 1 aliphatic rings. The average Bonchev–Trinajstić information content (AvgIpc) is 2.84. The van der Waals surface area contributed by atoms with Crippen LogP contribution in [0.4, 0.5) is 5.69 Å². The second-order valence-electron chi connectivity index (χ2n) is 8.19. The van der Waals surface area contributed by atoms with Crippen molar-refractivity contribution in [2.45, 2.75) is 20.5 Å². The molecule has 1 saturated heterocycles. The number of aryl methyl sites for hydroxylation is 2. The number of ether oxygens (including phenoxy) is 1. The minimum atomic E-state index is -0.216. The van der Waals surface area contributed by atoms with Crippen LogP contribution in [0.2, 0.25) is 0 Å². The summed E-state index contributed by atoms with van der Waals surface area (Å²) in [5.74, 6) is 2.43. The topological polar surface area (TPSA) is 58.6 Å². The lowest BCUT2D eigenvalue weighted by atomic mass is 10.1. The van der Waals surface area contributed by atoms with E-state index in [-0.39, 0.29) is 11.8 Å². The van der Waals surface area contributed by atoms with Crippen LogP contribution in [0.15, 0.2) is 66.7 Å². The molecule has 0 aliphatic carbocycles. The molecule has 0 unspecified atom stereocenters. The normalized spacial score (nSPS) is 13.5. The Morgan fingerprint density at radius 1 is 0.939 bits per heavy atom. The number of thioether (sulfide) groups is 1. The largest absolute Gasteiger partial charge is 0.489 e. The van der Waals surface area contributed by atoms with Gasteiger partial charge in [-0.15, -0.1) is 0 Å². The number of hydrogen-bond donors (Lipinski definition) is 1. The number of nitrogens with one attached hydrogen (secondary N) is 1. The first-order valence-corrected chi connectivity index (χ1v) is 12.2. The Morgan fingerprint density at radius 3 is 2.48 bits per heavy atom. The molecule has 4 rings (SSSR count). The first kappa shape index (κ1) is 22.9. The Bertz CT molecular complexity index is 1160. The molecule has 0 spiro atoms. The van der Waals surface area contributed by atoms with Crippen LogP contribution in [0.25, 0.3) is 0 Å². The van der Waals surface area contributed by atoms with Crippen LogP contribution in [-0.2, 0) is 6.61 Å². The molecule has 0 bridgehead atoms. The van der Waals surface area contributed by atoms with E-state index >= 15 is 0 Å². The van der Waals surface area contributed by atoms with E-state index in [1.165, 1.54) is 5.56 Å². The van der Waals surface area contributed by atoms with Crippen LogP contribution in [0, 0.1) is 13.8 Å². The monoisotopic (exact) mass is 460 g/mol. The predicted molar refractivity (Wildman–Crippen MR) is 134 cm³/mol. The number of hydrogen-bond acceptors (Lipinski definition) is 4. The van der Waals surface area contributed by atoms with Crippen molar-refractivity contribution in [3.63, 3.8) is 0 Å². The highest BCUT2D eigenvalue weighted by molar-refractivity contribution is 7.99. The van der Waals surface area contributed by atoms with Crippen molar-refractivity contribution < 1.29 is 14.3 Å². The van der Waals surface area contributed by atoms with Crippen molar-refractivity contribution in [3.05, 3.63) is 94.5 Å². The third-order valence-corrected chi connectivity index (χ3v) is 6.55. The summed E-state index contributed by atoms with van der Waals surface area (Å²) in [7, 11) is 0. The fourth-order valence-electron chi connectivity index (χ4n) is 3.78. The summed E-state index contributed by atoms with van der Waals surface area (Å²) >= 11 is 1.87. The van der Waals surface area contributed by atoms with Gasteiger partial charge in [-0.1, -0.05) is 35.9 Å². The van der Waals surface area contributed by atoms with Gasteiger partial charge in [0, 0.05) is 41.4 Å². The minimum absolute atomic E-state index is 0.0507. The van der Waals surface area contributed by atoms with Gasteiger partial charge in [0.2, 0.25) is 0 Å². The quantitative estimate of drug-likeness (QED) is 0.541.